The minimum atomic E-state index is 0.524. The average molecular weight is 174 g/mol. The van der Waals surface area contributed by atoms with Crippen LogP contribution in [0.3, 0.4) is 0 Å². The summed E-state index contributed by atoms with van der Waals surface area (Å²) in [5, 5.41) is 0.524. The molecule has 2 aromatic rings. The average Bonchev–Trinajstić information content (AvgIpc) is 2.46. The molecule has 0 atom stereocenters. The Morgan fingerprint density at radius 3 is 3.08 bits per heavy atom. The highest BCUT2D eigenvalue weighted by atomic mass is 32.1. The van der Waals surface area contributed by atoms with Gasteiger partial charge in [-0.25, -0.2) is 0 Å². The van der Waals surface area contributed by atoms with Crippen molar-refractivity contribution in [3.05, 3.63) is 35.2 Å². The normalized spacial score (nSPS) is 10.0. The number of hydrogen-bond acceptors (Lipinski definition) is 2. The summed E-state index contributed by atoms with van der Waals surface area (Å²) in [4.78, 5) is 7.43. The summed E-state index contributed by atoms with van der Waals surface area (Å²) in [5.41, 5.74) is 2.14. The Morgan fingerprint density at radius 2 is 2.33 bits per heavy atom. The van der Waals surface area contributed by atoms with Gasteiger partial charge in [-0.05, 0) is 24.6 Å². The summed E-state index contributed by atoms with van der Waals surface area (Å²) < 4.78 is 1.10. The zero-order valence-electron chi connectivity index (χ0n) is 6.53. The van der Waals surface area contributed by atoms with Gasteiger partial charge in [-0.1, -0.05) is 12.6 Å². The second kappa shape index (κ2) is 2.58. The van der Waals surface area contributed by atoms with E-state index in [1.807, 2.05) is 19.1 Å². The molecule has 3 heteroatoms. The minimum Gasteiger partial charge on any atom is -0.351 e. The van der Waals surface area contributed by atoms with Crippen LogP contribution in [0.5, 0.6) is 0 Å². The molecule has 0 aliphatic carbocycles. The van der Waals surface area contributed by atoms with Gasteiger partial charge in [-0.2, -0.15) is 0 Å². The van der Waals surface area contributed by atoms with Crippen LogP contribution in [0.25, 0.3) is 15.1 Å². The van der Waals surface area contributed by atoms with Gasteiger partial charge in [0.2, 0.25) is 0 Å². The molecule has 1 heterocycles. The summed E-state index contributed by atoms with van der Waals surface area (Å²) in [6.07, 6.45) is 0. The summed E-state index contributed by atoms with van der Waals surface area (Å²) in [7, 11) is 0. The van der Waals surface area contributed by atoms with Crippen LogP contribution < -0.4 is 0 Å². The van der Waals surface area contributed by atoms with E-state index in [9.17, 15) is 0 Å². The fourth-order valence-electron chi connectivity index (χ4n) is 1.07. The smallest absolute Gasteiger partial charge is 0.330 e. The van der Waals surface area contributed by atoms with E-state index < -0.39 is 0 Å². The van der Waals surface area contributed by atoms with E-state index in [2.05, 4.69) is 15.9 Å². The number of benzene rings is 1. The number of hydrogen-bond donors (Lipinski definition) is 0. The lowest BCUT2D eigenvalue weighted by Crippen LogP contribution is -1.69. The van der Waals surface area contributed by atoms with Gasteiger partial charge in [0.15, 0.2) is 5.52 Å². The van der Waals surface area contributed by atoms with E-state index in [1.54, 1.807) is 0 Å². The fraction of sp³-hybridized carbons (Fsp3) is 0.111. The van der Waals surface area contributed by atoms with Gasteiger partial charge in [0.25, 0.3) is 0 Å². The van der Waals surface area contributed by atoms with Crippen LogP contribution in [-0.4, -0.2) is 4.98 Å². The van der Waals surface area contributed by atoms with Crippen molar-refractivity contribution in [2.45, 2.75) is 6.92 Å². The second-order valence-electron chi connectivity index (χ2n) is 2.58. The zero-order valence-corrected chi connectivity index (χ0v) is 7.35. The Balaban J connectivity index is 2.77. The molecule has 0 aliphatic rings. The highest BCUT2D eigenvalue weighted by Gasteiger charge is 2.04. The second-order valence-corrected chi connectivity index (χ2v) is 3.59. The van der Waals surface area contributed by atoms with Gasteiger partial charge in [0.05, 0.1) is 4.70 Å². The highest BCUT2D eigenvalue weighted by molar-refractivity contribution is 7.22. The van der Waals surface area contributed by atoms with E-state index in [0.29, 0.717) is 5.13 Å². The van der Waals surface area contributed by atoms with Crippen molar-refractivity contribution in [1.29, 1.82) is 0 Å². The molecular weight excluding hydrogens is 168 g/mol. The number of aromatic nitrogens is 1. The van der Waals surface area contributed by atoms with Crippen LogP contribution in [0.2, 0.25) is 0 Å². The molecule has 0 radical (unpaired) electrons. The molecule has 0 N–H and O–H groups in total. The maximum absolute atomic E-state index is 6.80. The lowest BCUT2D eigenvalue weighted by atomic mass is 10.2. The predicted octanol–water partition coefficient (Wildman–Crippen LogP) is 3.16. The van der Waals surface area contributed by atoms with Crippen LogP contribution in [0.4, 0.5) is 5.13 Å². The summed E-state index contributed by atoms with van der Waals surface area (Å²) >= 11 is 1.45. The third-order valence-corrected chi connectivity index (χ3v) is 2.54. The first-order valence-electron chi connectivity index (χ1n) is 3.54. The minimum absolute atomic E-state index is 0.524. The van der Waals surface area contributed by atoms with Crippen molar-refractivity contribution in [2.75, 3.05) is 0 Å². The van der Waals surface area contributed by atoms with Crippen LogP contribution in [0.15, 0.2) is 18.2 Å². The van der Waals surface area contributed by atoms with Crippen molar-refractivity contribution < 1.29 is 0 Å². The molecule has 0 amide bonds. The van der Waals surface area contributed by atoms with Gasteiger partial charge in [0.1, 0.15) is 0 Å². The molecule has 58 valence electrons. The SMILES string of the molecule is [C-]#[N+]c1nc2ccc(C)cc2s1. The molecule has 0 bridgehead atoms. The van der Waals surface area contributed by atoms with Gasteiger partial charge in [-0.15, -0.1) is 16.3 Å². The van der Waals surface area contributed by atoms with Crippen LogP contribution in [-0.2, 0) is 0 Å². The Bertz CT molecular complexity index is 465. The lowest BCUT2D eigenvalue weighted by Gasteiger charge is -1.86. The first-order valence-corrected chi connectivity index (χ1v) is 4.36. The van der Waals surface area contributed by atoms with Crippen molar-refractivity contribution in [2.24, 2.45) is 0 Å². The van der Waals surface area contributed by atoms with Gasteiger partial charge < -0.3 is 4.85 Å². The molecule has 0 aliphatic heterocycles. The van der Waals surface area contributed by atoms with Crippen LogP contribution in [0, 0.1) is 13.5 Å². The first-order chi connectivity index (χ1) is 5.79. The monoisotopic (exact) mass is 174 g/mol. The standard InChI is InChI=1S/C9H6N2S/c1-6-3-4-7-8(5-6)12-9(10-2)11-7/h3-5H,1H3. The summed E-state index contributed by atoms with van der Waals surface area (Å²) in [5.74, 6) is 0. The van der Waals surface area contributed by atoms with Crippen molar-refractivity contribution in [3.8, 4) is 0 Å². The molecule has 0 spiro atoms. The topological polar surface area (TPSA) is 17.2 Å². The molecule has 0 saturated heterocycles. The molecule has 12 heavy (non-hydrogen) atoms. The Morgan fingerprint density at radius 1 is 1.50 bits per heavy atom. The molecule has 1 aromatic carbocycles. The number of thiazole rings is 1. The van der Waals surface area contributed by atoms with Crippen LogP contribution >= 0.6 is 11.3 Å². The molecule has 0 fully saturated rings. The molecule has 2 nitrogen and oxygen atoms in total. The highest BCUT2D eigenvalue weighted by Crippen LogP contribution is 2.28. The maximum Gasteiger partial charge on any atom is 0.330 e. The van der Waals surface area contributed by atoms with Crippen molar-refractivity contribution in [3.63, 3.8) is 0 Å². The first kappa shape index (κ1) is 7.26. The van der Waals surface area contributed by atoms with E-state index >= 15 is 0 Å². The Hall–Kier alpha value is -1.40. The Kier molecular flexibility index (Phi) is 1.56. The number of nitrogens with zero attached hydrogens (tertiary/aromatic N) is 2. The van der Waals surface area contributed by atoms with E-state index in [4.69, 9.17) is 6.57 Å². The molecule has 2 rings (SSSR count). The predicted molar refractivity (Wildman–Crippen MR) is 50.6 cm³/mol. The third kappa shape index (κ3) is 1.06. The van der Waals surface area contributed by atoms with Crippen molar-refractivity contribution >= 4 is 26.7 Å². The van der Waals surface area contributed by atoms with E-state index in [-0.39, 0.29) is 0 Å². The molecule has 0 saturated carbocycles. The molecule has 0 unspecified atom stereocenters. The zero-order chi connectivity index (χ0) is 8.55. The summed E-state index contributed by atoms with van der Waals surface area (Å²) in [6.45, 7) is 8.84. The van der Waals surface area contributed by atoms with Gasteiger partial charge in [-0.3, -0.25) is 0 Å². The van der Waals surface area contributed by atoms with Gasteiger partial charge in [0, 0.05) is 0 Å². The quantitative estimate of drug-likeness (QED) is 0.561. The van der Waals surface area contributed by atoms with Crippen molar-refractivity contribution in [1.82, 2.24) is 4.98 Å². The maximum atomic E-state index is 6.80. The number of rotatable bonds is 0. The summed E-state index contributed by atoms with van der Waals surface area (Å²) in [6, 6.07) is 6.02. The van der Waals surface area contributed by atoms with E-state index in [1.165, 1.54) is 16.9 Å². The number of aryl methyl sites for hydroxylation is 1. The lowest BCUT2D eigenvalue weighted by molar-refractivity contribution is 1.47. The van der Waals surface area contributed by atoms with Crippen LogP contribution in [0.1, 0.15) is 5.56 Å². The fourth-order valence-corrected chi connectivity index (χ4v) is 1.92. The third-order valence-electron chi connectivity index (χ3n) is 1.63. The van der Waals surface area contributed by atoms with Gasteiger partial charge >= 0.3 is 5.13 Å². The molecular formula is C9H6N2S. The van der Waals surface area contributed by atoms with E-state index in [0.717, 1.165) is 10.2 Å². The number of fused-ring (bicyclic) bond motifs is 1. The molecule has 1 aromatic heterocycles. The largest absolute Gasteiger partial charge is 0.351 e. The Labute approximate surface area is 74.3 Å².